The molecule has 1 aromatic rings. The van der Waals surface area contributed by atoms with Crippen molar-refractivity contribution in [2.45, 2.75) is 18.6 Å². The maximum absolute atomic E-state index is 12.5. The van der Waals surface area contributed by atoms with Crippen LogP contribution in [0.1, 0.15) is 17.3 Å². The summed E-state index contributed by atoms with van der Waals surface area (Å²) in [6.45, 7) is 1.63. The SMILES string of the molecule is C[C@@]12C=C[C@@H](O1)[C@H](C(=O)O)[C@@H]2C(=O)NNC(=O)c1ccc(Cl)cc1Cl. The van der Waals surface area contributed by atoms with Gasteiger partial charge in [0.1, 0.15) is 5.92 Å². The van der Waals surface area contributed by atoms with E-state index in [0.717, 1.165) is 0 Å². The minimum Gasteiger partial charge on any atom is -0.481 e. The van der Waals surface area contributed by atoms with Crippen LogP contribution >= 0.6 is 23.2 Å². The van der Waals surface area contributed by atoms with Crippen molar-refractivity contribution in [2.75, 3.05) is 0 Å². The molecular weight excluding hydrogens is 371 g/mol. The number of hydrazine groups is 1. The van der Waals surface area contributed by atoms with E-state index in [2.05, 4.69) is 10.9 Å². The van der Waals surface area contributed by atoms with Gasteiger partial charge in [-0.3, -0.25) is 25.2 Å². The molecule has 2 aliphatic rings. The van der Waals surface area contributed by atoms with Gasteiger partial charge < -0.3 is 9.84 Å². The van der Waals surface area contributed by atoms with Crippen LogP contribution in [-0.4, -0.2) is 34.6 Å². The van der Waals surface area contributed by atoms with Crippen LogP contribution in [0.3, 0.4) is 0 Å². The number of carbonyl (C=O) groups is 3. The quantitative estimate of drug-likeness (QED) is 0.544. The molecule has 9 heteroatoms. The third-order valence-corrected chi connectivity index (χ3v) is 4.93. The second-order valence-electron chi connectivity index (χ2n) is 6.03. The Bertz CT molecular complexity index is 797. The number of benzene rings is 1. The number of amides is 2. The molecule has 4 atom stereocenters. The van der Waals surface area contributed by atoms with E-state index in [9.17, 15) is 19.5 Å². The summed E-state index contributed by atoms with van der Waals surface area (Å²) >= 11 is 11.7. The minimum absolute atomic E-state index is 0.122. The van der Waals surface area contributed by atoms with Crippen molar-refractivity contribution < 1.29 is 24.2 Å². The summed E-state index contributed by atoms with van der Waals surface area (Å²) in [5.74, 6) is -4.43. The second-order valence-corrected chi connectivity index (χ2v) is 6.88. The first-order valence-electron chi connectivity index (χ1n) is 7.38. The van der Waals surface area contributed by atoms with Crippen molar-refractivity contribution in [1.82, 2.24) is 10.9 Å². The van der Waals surface area contributed by atoms with Gasteiger partial charge in [0.05, 0.1) is 28.2 Å². The minimum atomic E-state index is -1.13. The van der Waals surface area contributed by atoms with Gasteiger partial charge in [-0.15, -0.1) is 0 Å². The number of rotatable bonds is 3. The Labute approximate surface area is 152 Å². The Morgan fingerprint density at radius 1 is 1.24 bits per heavy atom. The highest BCUT2D eigenvalue weighted by molar-refractivity contribution is 6.36. The Hall–Kier alpha value is -2.09. The standard InChI is InChI=1S/C16H14Cl2N2O5/c1-16-5-4-10(25-16)11(15(23)24)12(16)14(22)20-19-13(21)8-3-2-7(17)6-9(8)18/h2-6,10-12H,1H3,(H,19,21)(H,20,22)(H,23,24)/t10-,11+,12-,16+/m1/s1. The van der Waals surface area contributed by atoms with Crippen LogP contribution in [0.5, 0.6) is 0 Å². The van der Waals surface area contributed by atoms with Gasteiger partial charge in [0.15, 0.2) is 0 Å². The molecule has 3 N–H and O–H groups in total. The van der Waals surface area contributed by atoms with Crippen molar-refractivity contribution in [3.8, 4) is 0 Å². The molecule has 0 aliphatic carbocycles. The lowest BCUT2D eigenvalue weighted by Gasteiger charge is -2.27. The normalized spacial score (nSPS) is 29.5. The Balaban J connectivity index is 1.71. The molecule has 7 nitrogen and oxygen atoms in total. The lowest BCUT2D eigenvalue weighted by atomic mass is 9.76. The van der Waals surface area contributed by atoms with Crippen molar-refractivity contribution in [3.63, 3.8) is 0 Å². The van der Waals surface area contributed by atoms with Crippen molar-refractivity contribution in [1.29, 1.82) is 0 Å². The summed E-state index contributed by atoms with van der Waals surface area (Å²) in [5, 5.41) is 9.87. The summed E-state index contributed by atoms with van der Waals surface area (Å²) < 4.78 is 5.59. The summed E-state index contributed by atoms with van der Waals surface area (Å²) in [7, 11) is 0. The largest absolute Gasteiger partial charge is 0.481 e. The van der Waals surface area contributed by atoms with Gasteiger partial charge >= 0.3 is 5.97 Å². The number of fused-ring (bicyclic) bond motifs is 2. The van der Waals surface area contributed by atoms with Crippen LogP contribution in [0.15, 0.2) is 30.4 Å². The monoisotopic (exact) mass is 384 g/mol. The average Bonchev–Trinajstić information content (AvgIpc) is 3.05. The van der Waals surface area contributed by atoms with Gasteiger partial charge in [0.25, 0.3) is 5.91 Å². The van der Waals surface area contributed by atoms with Crippen LogP contribution in [0.4, 0.5) is 0 Å². The maximum atomic E-state index is 12.5. The third-order valence-electron chi connectivity index (χ3n) is 4.38. The number of hydrogen-bond donors (Lipinski definition) is 3. The Kier molecular flexibility index (Phi) is 4.49. The highest BCUT2D eigenvalue weighted by atomic mass is 35.5. The van der Waals surface area contributed by atoms with Gasteiger partial charge in [-0.25, -0.2) is 0 Å². The molecule has 1 aromatic carbocycles. The third kappa shape index (κ3) is 3.10. The number of nitrogens with one attached hydrogen (secondary N) is 2. The summed E-state index contributed by atoms with van der Waals surface area (Å²) in [6, 6.07) is 4.30. The van der Waals surface area contributed by atoms with Gasteiger partial charge in [-0.1, -0.05) is 35.4 Å². The zero-order valence-corrected chi connectivity index (χ0v) is 14.5. The summed E-state index contributed by atoms with van der Waals surface area (Å²) in [6.07, 6.45) is 2.63. The molecule has 0 radical (unpaired) electrons. The van der Waals surface area contributed by atoms with E-state index in [-0.39, 0.29) is 10.6 Å². The first-order valence-corrected chi connectivity index (χ1v) is 8.14. The first kappa shape index (κ1) is 17.7. The van der Waals surface area contributed by atoms with E-state index in [0.29, 0.717) is 5.02 Å². The van der Waals surface area contributed by atoms with Gasteiger partial charge in [-0.05, 0) is 25.1 Å². The molecule has 2 heterocycles. The molecule has 2 aliphatic heterocycles. The fourth-order valence-electron chi connectivity index (χ4n) is 3.22. The zero-order chi connectivity index (χ0) is 18.4. The van der Waals surface area contributed by atoms with Gasteiger partial charge in [0.2, 0.25) is 5.91 Å². The Morgan fingerprint density at radius 3 is 2.60 bits per heavy atom. The fourth-order valence-corrected chi connectivity index (χ4v) is 3.71. The van der Waals surface area contributed by atoms with Crippen molar-refractivity contribution in [3.05, 3.63) is 46.0 Å². The number of hydrogen-bond acceptors (Lipinski definition) is 4. The van der Waals surface area contributed by atoms with Crippen LogP contribution in [0.25, 0.3) is 0 Å². The van der Waals surface area contributed by atoms with E-state index in [1.54, 1.807) is 19.1 Å². The molecule has 1 fully saturated rings. The molecule has 2 amide bonds. The molecule has 0 saturated carbocycles. The lowest BCUT2D eigenvalue weighted by molar-refractivity contribution is -0.147. The fraction of sp³-hybridized carbons (Fsp3) is 0.312. The van der Waals surface area contributed by atoms with Crippen LogP contribution in [0, 0.1) is 11.8 Å². The highest BCUT2D eigenvalue weighted by Crippen LogP contribution is 2.46. The second kappa shape index (κ2) is 6.33. The first-order chi connectivity index (χ1) is 11.7. The maximum Gasteiger partial charge on any atom is 0.310 e. The number of carbonyl (C=O) groups excluding carboxylic acids is 2. The molecule has 1 saturated heterocycles. The molecule has 0 unspecified atom stereocenters. The molecule has 25 heavy (non-hydrogen) atoms. The topological polar surface area (TPSA) is 105 Å². The summed E-state index contributed by atoms with van der Waals surface area (Å²) in [4.78, 5) is 36.1. The molecular formula is C16H14Cl2N2O5. The molecule has 2 bridgehead atoms. The van der Waals surface area contributed by atoms with E-state index < -0.39 is 41.3 Å². The van der Waals surface area contributed by atoms with E-state index in [1.165, 1.54) is 18.2 Å². The highest BCUT2D eigenvalue weighted by Gasteiger charge is 2.59. The van der Waals surface area contributed by atoms with E-state index in [1.807, 2.05) is 0 Å². The van der Waals surface area contributed by atoms with Crippen LogP contribution < -0.4 is 10.9 Å². The predicted molar refractivity (Wildman–Crippen MR) is 89.1 cm³/mol. The number of halogens is 2. The number of carboxylic acids is 1. The Morgan fingerprint density at radius 2 is 1.96 bits per heavy atom. The molecule has 0 aromatic heterocycles. The molecule has 132 valence electrons. The average molecular weight is 385 g/mol. The predicted octanol–water partition coefficient (Wildman–Crippen LogP) is 1.80. The van der Waals surface area contributed by atoms with Gasteiger partial charge in [0, 0.05) is 5.02 Å². The number of carboxylic acid groups (broad SMARTS) is 1. The van der Waals surface area contributed by atoms with E-state index >= 15 is 0 Å². The lowest BCUT2D eigenvalue weighted by Crippen LogP contribution is -2.52. The van der Waals surface area contributed by atoms with Gasteiger partial charge in [-0.2, -0.15) is 0 Å². The van der Waals surface area contributed by atoms with E-state index in [4.69, 9.17) is 27.9 Å². The zero-order valence-electron chi connectivity index (χ0n) is 13.0. The number of aliphatic carboxylic acids is 1. The van der Waals surface area contributed by atoms with Crippen molar-refractivity contribution >= 4 is 41.0 Å². The molecule has 3 rings (SSSR count). The van der Waals surface area contributed by atoms with Crippen molar-refractivity contribution in [2.24, 2.45) is 11.8 Å². The molecule has 0 spiro atoms. The summed E-state index contributed by atoms with van der Waals surface area (Å²) in [5.41, 5.74) is 3.58. The number of ether oxygens (including phenoxy) is 1. The smallest absolute Gasteiger partial charge is 0.310 e. The van der Waals surface area contributed by atoms with Crippen LogP contribution in [-0.2, 0) is 14.3 Å². The van der Waals surface area contributed by atoms with Crippen LogP contribution in [0.2, 0.25) is 10.0 Å².